The molecule has 2 atom stereocenters. The summed E-state index contributed by atoms with van der Waals surface area (Å²) in [5.74, 6) is 7.89. The Hall–Kier alpha value is -0.560. The van der Waals surface area contributed by atoms with E-state index in [4.69, 9.17) is 4.74 Å². The van der Waals surface area contributed by atoms with Crippen LogP contribution in [0.2, 0.25) is 0 Å². The molecule has 2 saturated heterocycles. The Balaban J connectivity index is 1.72. The van der Waals surface area contributed by atoms with Gasteiger partial charge in [-0.15, -0.1) is 0 Å². The Morgan fingerprint density at radius 3 is 2.64 bits per heavy atom. The van der Waals surface area contributed by atoms with Crippen molar-refractivity contribution in [1.29, 1.82) is 0 Å². The lowest BCUT2D eigenvalue weighted by atomic mass is 10.0. The summed E-state index contributed by atoms with van der Waals surface area (Å²) in [7, 11) is 1.68. The van der Waals surface area contributed by atoms with Crippen LogP contribution in [-0.4, -0.2) is 51.3 Å². The Morgan fingerprint density at radius 2 is 2.00 bits per heavy atom. The Bertz CT molecular complexity index is 231. The summed E-state index contributed by atoms with van der Waals surface area (Å²) in [4.78, 5) is 2.46. The SMILES string of the molecule is COCC#CCN1CC2CNCC2C1. The first-order valence-corrected chi connectivity index (χ1v) is 5.28. The molecule has 0 aliphatic carbocycles. The van der Waals surface area contributed by atoms with Gasteiger partial charge in [0.15, 0.2) is 0 Å². The van der Waals surface area contributed by atoms with Gasteiger partial charge in [-0.25, -0.2) is 0 Å². The summed E-state index contributed by atoms with van der Waals surface area (Å²) in [6.45, 7) is 6.32. The molecular formula is C11H18N2O. The number of hydrogen-bond acceptors (Lipinski definition) is 3. The molecular weight excluding hydrogens is 176 g/mol. The van der Waals surface area contributed by atoms with Gasteiger partial charge in [-0.1, -0.05) is 11.8 Å². The van der Waals surface area contributed by atoms with Gasteiger partial charge >= 0.3 is 0 Å². The zero-order valence-electron chi connectivity index (χ0n) is 8.75. The van der Waals surface area contributed by atoms with Crippen molar-refractivity contribution in [3.05, 3.63) is 0 Å². The van der Waals surface area contributed by atoms with Crippen molar-refractivity contribution in [3.8, 4) is 11.8 Å². The number of nitrogens with one attached hydrogen (secondary N) is 1. The molecule has 14 heavy (non-hydrogen) atoms. The maximum Gasteiger partial charge on any atom is 0.107 e. The van der Waals surface area contributed by atoms with E-state index < -0.39 is 0 Å². The van der Waals surface area contributed by atoms with Crippen LogP contribution >= 0.6 is 0 Å². The fraction of sp³-hybridized carbons (Fsp3) is 0.818. The fourth-order valence-corrected chi connectivity index (χ4v) is 2.37. The van der Waals surface area contributed by atoms with E-state index in [1.165, 1.54) is 26.2 Å². The molecule has 2 rings (SSSR count). The van der Waals surface area contributed by atoms with Gasteiger partial charge in [-0.3, -0.25) is 4.90 Å². The number of fused-ring (bicyclic) bond motifs is 1. The second kappa shape index (κ2) is 4.79. The zero-order valence-corrected chi connectivity index (χ0v) is 8.75. The van der Waals surface area contributed by atoms with Crippen LogP contribution < -0.4 is 5.32 Å². The zero-order chi connectivity index (χ0) is 9.80. The van der Waals surface area contributed by atoms with Gasteiger partial charge in [-0.2, -0.15) is 0 Å². The number of rotatable bonds is 2. The maximum atomic E-state index is 4.88. The minimum Gasteiger partial charge on any atom is -0.372 e. The van der Waals surface area contributed by atoms with Crippen molar-refractivity contribution in [3.63, 3.8) is 0 Å². The number of likely N-dealkylation sites (tertiary alicyclic amines) is 1. The van der Waals surface area contributed by atoms with Crippen molar-refractivity contribution in [2.75, 3.05) is 46.4 Å². The maximum absolute atomic E-state index is 4.88. The third kappa shape index (κ3) is 2.27. The molecule has 78 valence electrons. The van der Waals surface area contributed by atoms with Crippen molar-refractivity contribution in [2.45, 2.75) is 0 Å². The molecule has 0 aromatic heterocycles. The number of nitrogens with zero attached hydrogens (tertiary/aromatic N) is 1. The molecule has 2 heterocycles. The quantitative estimate of drug-likeness (QED) is 0.616. The smallest absolute Gasteiger partial charge is 0.107 e. The Morgan fingerprint density at radius 1 is 1.29 bits per heavy atom. The topological polar surface area (TPSA) is 24.5 Å². The lowest BCUT2D eigenvalue weighted by Crippen LogP contribution is -2.26. The largest absolute Gasteiger partial charge is 0.372 e. The monoisotopic (exact) mass is 194 g/mol. The molecule has 0 aromatic rings. The standard InChI is InChI=1S/C11H18N2O/c1-14-5-3-2-4-13-8-10-6-12-7-11(10)9-13/h10-12H,4-9H2,1H3. The molecule has 0 aromatic carbocycles. The summed E-state index contributed by atoms with van der Waals surface area (Å²) in [6, 6.07) is 0. The fourth-order valence-electron chi connectivity index (χ4n) is 2.37. The molecule has 3 heteroatoms. The van der Waals surface area contributed by atoms with E-state index >= 15 is 0 Å². The van der Waals surface area contributed by atoms with Crippen molar-refractivity contribution in [1.82, 2.24) is 10.2 Å². The highest BCUT2D eigenvalue weighted by Crippen LogP contribution is 2.25. The number of hydrogen-bond donors (Lipinski definition) is 1. The highest BCUT2D eigenvalue weighted by molar-refractivity contribution is 5.03. The second-order valence-electron chi connectivity index (χ2n) is 4.16. The summed E-state index contributed by atoms with van der Waals surface area (Å²) in [6.07, 6.45) is 0. The van der Waals surface area contributed by atoms with Crippen molar-refractivity contribution < 1.29 is 4.74 Å². The normalized spacial score (nSPS) is 31.2. The lowest BCUT2D eigenvalue weighted by molar-refractivity contribution is 0.239. The van der Waals surface area contributed by atoms with E-state index in [9.17, 15) is 0 Å². The van der Waals surface area contributed by atoms with Crippen LogP contribution in [0.1, 0.15) is 0 Å². The van der Waals surface area contributed by atoms with E-state index in [1.807, 2.05) is 0 Å². The number of ether oxygens (including phenoxy) is 1. The first kappa shape index (κ1) is 9.97. The van der Waals surface area contributed by atoms with Gasteiger partial charge in [0.25, 0.3) is 0 Å². The van der Waals surface area contributed by atoms with E-state index in [0.29, 0.717) is 6.61 Å². The Kier molecular flexibility index (Phi) is 3.41. The molecule has 2 unspecified atom stereocenters. The molecule has 3 nitrogen and oxygen atoms in total. The minimum atomic E-state index is 0.558. The third-order valence-electron chi connectivity index (χ3n) is 3.11. The van der Waals surface area contributed by atoms with Crippen LogP contribution in [0.3, 0.4) is 0 Å². The molecule has 0 radical (unpaired) electrons. The molecule has 2 aliphatic rings. The third-order valence-corrected chi connectivity index (χ3v) is 3.11. The average Bonchev–Trinajstić information content (AvgIpc) is 2.72. The van der Waals surface area contributed by atoms with Crippen LogP contribution in [0.5, 0.6) is 0 Å². The molecule has 2 aliphatic heterocycles. The van der Waals surface area contributed by atoms with E-state index in [2.05, 4.69) is 22.1 Å². The summed E-state index contributed by atoms with van der Waals surface area (Å²) in [5, 5.41) is 3.44. The van der Waals surface area contributed by atoms with Gasteiger partial charge in [0, 0.05) is 20.2 Å². The molecule has 0 saturated carbocycles. The van der Waals surface area contributed by atoms with E-state index in [-0.39, 0.29) is 0 Å². The lowest BCUT2D eigenvalue weighted by Gasteiger charge is -2.12. The summed E-state index contributed by atoms with van der Waals surface area (Å²) in [5.41, 5.74) is 0. The van der Waals surface area contributed by atoms with Crippen LogP contribution in [0, 0.1) is 23.7 Å². The van der Waals surface area contributed by atoms with Crippen LogP contribution in [-0.2, 0) is 4.74 Å². The summed E-state index contributed by atoms with van der Waals surface area (Å²) < 4.78 is 4.88. The molecule has 2 fully saturated rings. The average molecular weight is 194 g/mol. The predicted octanol–water partition coefficient (Wildman–Crippen LogP) is -0.213. The summed E-state index contributed by atoms with van der Waals surface area (Å²) >= 11 is 0. The van der Waals surface area contributed by atoms with Crippen molar-refractivity contribution in [2.24, 2.45) is 11.8 Å². The van der Waals surface area contributed by atoms with E-state index in [0.717, 1.165) is 18.4 Å². The highest BCUT2D eigenvalue weighted by atomic mass is 16.5. The van der Waals surface area contributed by atoms with Gasteiger partial charge in [0.1, 0.15) is 6.61 Å². The predicted molar refractivity (Wildman–Crippen MR) is 55.9 cm³/mol. The second-order valence-corrected chi connectivity index (χ2v) is 4.16. The van der Waals surface area contributed by atoms with Gasteiger partial charge < -0.3 is 10.1 Å². The van der Waals surface area contributed by atoms with Crippen LogP contribution in [0.15, 0.2) is 0 Å². The molecule has 0 amide bonds. The molecule has 1 N–H and O–H groups in total. The Labute approximate surface area is 85.8 Å². The first-order valence-electron chi connectivity index (χ1n) is 5.28. The highest BCUT2D eigenvalue weighted by Gasteiger charge is 2.35. The minimum absolute atomic E-state index is 0.558. The van der Waals surface area contributed by atoms with Crippen LogP contribution in [0.25, 0.3) is 0 Å². The molecule has 0 bridgehead atoms. The van der Waals surface area contributed by atoms with E-state index in [1.54, 1.807) is 7.11 Å². The molecule has 0 spiro atoms. The number of methoxy groups -OCH3 is 1. The van der Waals surface area contributed by atoms with Crippen molar-refractivity contribution >= 4 is 0 Å². The van der Waals surface area contributed by atoms with Gasteiger partial charge in [0.2, 0.25) is 0 Å². The van der Waals surface area contributed by atoms with Gasteiger partial charge in [-0.05, 0) is 24.9 Å². The van der Waals surface area contributed by atoms with Crippen LogP contribution in [0.4, 0.5) is 0 Å². The van der Waals surface area contributed by atoms with Gasteiger partial charge in [0.05, 0.1) is 6.54 Å². The first-order chi connectivity index (χ1) is 6.90.